The Morgan fingerprint density at radius 2 is 1.55 bits per heavy atom. The molecular weight excluding hydrogens is 383 g/mol. The van der Waals surface area contributed by atoms with E-state index in [1.165, 1.54) is 6.26 Å². The summed E-state index contributed by atoms with van der Waals surface area (Å²) in [7, 11) is -1.74. The Bertz CT molecular complexity index is 1110. The van der Waals surface area contributed by atoms with E-state index in [1.54, 1.807) is 13.2 Å². The van der Waals surface area contributed by atoms with E-state index < -0.39 is 7.29 Å². The van der Waals surface area contributed by atoms with E-state index in [0.717, 1.165) is 5.56 Å². The molecule has 6 heteroatoms. The van der Waals surface area contributed by atoms with E-state index in [4.69, 9.17) is 14.0 Å². The van der Waals surface area contributed by atoms with Crippen LogP contribution < -0.4 is 15.3 Å². The molecule has 4 aromatic rings. The standard InChI is InChI=1S/C23H19N2O3P/c1-27-19-10-8-9-18(17-19)23(22-15-16-28-24-22)25-29(26,20-11-4-2-5-12-20)21-13-6-3-7-14-21/h2-17H,1H3. The average molecular weight is 402 g/mol. The van der Waals surface area contributed by atoms with Gasteiger partial charge in [0.2, 0.25) is 7.29 Å². The van der Waals surface area contributed by atoms with Crippen LogP contribution in [0.1, 0.15) is 11.3 Å². The first-order chi connectivity index (χ1) is 14.2. The Kier molecular flexibility index (Phi) is 5.41. The van der Waals surface area contributed by atoms with E-state index in [-0.39, 0.29) is 0 Å². The summed E-state index contributed by atoms with van der Waals surface area (Å²) in [5.74, 6) is 0.674. The number of benzene rings is 3. The van der Waals surface area contributed by atoms with Gasteiger partial charge in [0.05, 0.1) is 7.11 Å². The number of hydrogen-bond acceptors (Lipinski definition) is 4. The number of aromatic nitrogens is 1. The number of hydrogen-bond donors (Lipinski definition) is 0. The van der Waals surface area contributed by atoms with Crippen LogP contribution in [0.5, 0.6) is 5.75 Å². The molecule has 4 rings (SSSR count). The first kappa shape index (κ1) is 18.9. The first-order valence-corrected chi connectivity index (χ1v) is 10.7. The van der Waals surface area contributed by atoms with Gasteiger partial charge < -0.3 is 9.26 Å². The third kappa shape index (κ3) is 3.91. The number of methoxy groups -OCH3 is 1. The van der Waals surface area contributed by atoms with E-state index in [0.29, 0.717) is 27.8 Å². The fourth-order valence-corrected chi connectivity index (χ4v) is 5.21. The topological polar surface area (TPSA) is 64.7 Å². The van der Waals surface area contributed by atoms with Crippen molar-refractivity contribution in [3.05, 3.63) is 109 Å². The van der Waals surface area contributed by atoms with Gasteiger partial charge in [0.25, 0.3) is 0 Å². The number of nitrogens with zero attached hydrogens (tertiary/aromatic N) is 2. The Hall–Kier alpha value is -3.43. The van der Waals surface area contributed by atoms with Crippen molar-refractivity contribution in [3.63, 3.8) is 0 Å². The van der Waals surface area contributed by atoms with Crippen molar-refractivity contribution in [1.29, 1.82) is 0 Å². The Morgan fingerprint density at radius 3 is 2.10 bits per heavy atom. The van der Waals surface area contributed by atoms with Crippen molar-refractivity contribution in [2.45, 2.75) is 0 Å². The molecule has 144 valence electrons. The van der Waals surface area contributed by atoms with Gasteiger partial charge in [-0.2, -0.15) is 0 Å². The van der Waals surface area contributed by atoms with Gasteiger partial charge in [-0.25, -0.2) is 4.76 Å². The van der Waals surface area contributed by atoms with Crippen molar-refractivity contribution >= 4 is 23.6 Å². The van der Waals surface area contributed by atoms with Crippen molar-refractivity contribution in [2.24, 2.45) is 4.76 Å². The third-order valence-corrected chi connectivity index (χ3v) is 6.95. The van der Waals surface area contributed by atoms with E-state index in [2.05, 4.69) is 5.16 Å². The molecule has 0 atom stereocenters. The Balaban J connectivity index is 1.98. The van der Waals surface area contributed by atoms with Crippen molar-refractivity contribution in [2.75, 3.05) is 7.11 Å². The summed E-state index contributed by atoms with van der Waals surface area (Å²) in [6.45, 7) is 0. The quantitative estimate of drug-likeness (QED) is 0.353. The molecule has 0 aliphatic heterocycles. The molecule has 0 saturated carbocycles. The average Bonchev–Trinajstić information content (AvgIpc) is 3.33. The second kappa shape index (κ2) is 8.29. The molecule has 0 bridgehead atoms. The SMILES string of the molecule is COc1cccc(C(=NP(=O)(c2ccccc2)c2ccccc2)c2ccon2)c1. The zero-order chi connectivity index (χ0) is 20.1. The fourth-order valence-electron chi connectivity index (χ4n) is 3.03. The summed E-state index contributed by atoms with van der Waals surface area (Å²) < 4.78 is 29.6. The van der Waals surface area contributed by atoms with E-state index in [9.17, 15) is 4.57 Å². The lowest BCUT2D eigenvalue weighted by Gasteiger charge is -2.17. The molecule has 0 aliphatic carbocycles. The Morgan fingerprint density at radius 1 is 0.897 bits per heavy atom. The summed E-state index contributed by atoms with van der Waals surface area (Å²) in [5, 5.41) is 5.35. The van der Waals surface area contributed by atoms with Gasteiger partial charge >= 0.3 is 0 Å². The molecule has 0 radical (unpaired) electrons. The van der Waals surface area contributed by atoms with Gasteiger partial charge in [-0.05, 0) is 36.4 Å². The largest absolute Gasteiger partial charge is 0.497 e. The summed E-state index contributed by atoms with van der Waals surface area (Å²) in [5.41, 5.74) is 1.73. The summed E-state index contributed by atoms with van der Waals surface area (Å²) >= 11 is 0. The van der Waals surface area contributed by atoms with Crippen LogP contribution in [-0.4, -0.2) is 18.0 Å². The predicted molar refractivity (Wildman–Crippen MR) is 115 cm³/mol. The molecule has 5 nitrogen and oxygen atoms in total. The van der Waals surface area contributed by atoms with Crippen LogP contribution in [0, 0.1) is 0 Å². The summed E-state index contributed by atoms with van der Waals surface area (Å²) in [6, 6.07) is 27.7. The molecule has 0 spiro atoms. The molecule has 0 unspecified atom stereocenters. The molecule has 0 aliphatic rings. The highest BCUT2D eigenvalue weighted by Gasteiger charge is 2.28. The highest BCUT2D eigenvalue weighted by molar-refractivity contribution is 7.77. The van der Waals surface area contributed by atoms with Gasteiger partial charge in [-0.3, -0.25) is 4.57 Å². The zero-order valence-corrected chi connectivity index (χ0v) is 16.7. The fraction of sp³-hybridized carbons (Fsp3) is 0.0435. The maximum Gasteiger partial charge on any atom is 0.248 e. The molecule has 3 aromatic carbocycles. The maximum atomic E-state index is 14.4. The monoisotopic (exact) mass is 402 g/mol. The van der Waals surface area contributed by atoms with Crippen LogP contribution in [0.2, 0.25) is 0 Å². The molecule has 29 heavy (non-hydrogen) atoms. The van der Waals surface area contributed by atoms with Crippen LogP contribution in [0.3, 0.4) is 0 Å². The number of rotatable bonds is 6. The van der Waals surface area contributed by atoms with Gasteiger partial charge in [0.1, 0.15) is 23.4 Å². The van der Waals surface area contributed by atoms with Gasteiger partial charge in [-0.1, -0.05) is 53.7 Å². The lowest BCUT2D eigenvalue weighted by atomic mass is 10.1. The van der Waals surface area contributed by atoms with Gasteiger partial charge in [-0.15, -0.1) is 0 Å². The third-order valence-electron chi connectivity index (χ3n) is 4.48. The molecule has 0 N–H and O–H groups in total. The predicted octanol–water partition coefficient (Wildman–Crippen LogP) is 4.45. The van der Waals surface area contributed by atoms with Crippen molar-refractivity contribution in [3.8, 4) is 5.75 Å². The second-order valence-electron chi connectivity index (χ2n) is 6.31. The van der Waals surface area contributed by atoms with Gasteiger partial charge in [0.15, 0.2) is 0 Å². The molecule has 0 saturated heterocycles. The lowest BCUT2D eigenvalue weighted by Crippen LogP contribution is -2.16. The number of ether oxygens (including phenoxy) is 1. The van der Waals surface area contributed by atoms with Crippen LogP contribution in [0.4, 0.5) is 0 Å². The minimum Gasteiger partial charge on any atom is -0.497 e. The van der Waals surface area contributed by atoms with Crippen LogP contribution in [0.15, 0.2) is 107 Å². The van der Waals surface area contributed by atoms with Crippen LogP contribution in [-0.2, 0) is 4.57 Å². The van der Waals surface area contributed by atoms with Crippen molar-refractivity contribution < 1.29 is 13.8 Å². The van der Waals surface area contributed by atoms with Crippen molar-refractivity contribution in [1.82, 2.24) is 5.16 Å². The molecular formula is C23H19N2O3P. The molecule has 0 amide bonds. The smallest absolute Gasteiger partial charge is 0.248 e. The highest BCUT2D eigenvalue weighted by Crippen LogP contribution is 2.46. The molecule has 1 heterocycles. The normalized spacial score (nSPS) is 12.0. The van der Waals surface area contributed by atoms with E-state index >= 15 is 0 Å². The minimum absolute atomic E-state index is 0.480. The highest BCUT2D eigenvalue weighted by atomic mass is 31.2. The zero-order valence-electron chi connectivity index (χ0n) is 15.8. The second-order valence-corrected chi connectivity index (χ2v) is 8.70. The van der Waals surface area contributed by atoms with Crippen LogP contribution >= 0.6 is 7.29 Å². The lowest BCUT2D eigenvalue weighted by molar-refractivity contribution is 0.414. The minimum atomic E-state index is -3.34. The summed E-state index contributed by atoms with van der Waals surface area (Å²) in [6.07, 6.45) is 1.47. The van der Waals surface area contributed by atoms with E-state index in [1.807, 2.05) is 84.9 Å². The summed E-state index contributed by atoms with van der Waals surface area (Å²) in [4.78, 5) is 0. The molecule has 0 fully saturated rings. The van der Waals surface area contributed by atoms with Crippen LogP contribution in [0.25, 0.3) is 0 Å². The maximum absolute atomic E-state index is 14.4. The first-order valence-electron chi connectivity index (χ1n) is 9.07. The van der Waals surface area contributed by atoms with Gasteiger partial charge in [0, 0.05) is 22.2 Å². The molecule has 1 aromatic heterocycles. The Labute approximate surface area is 169 Å².